The predicted octanol–water partition coefficient (Wildman–Crippen LogP) is 3.54. The van der Waals surface area contributed by atoms with Crippen LogP contribution in [0.1, 0.15) is 5.56 Å². The zero-order valence-corrected chi connectivity index (χ0v) is 9.70. The van der Waals surface area contributed by atoms with Crippen LogP contribution in [-0.2, 0) is 0 Å². The fourth-order valence-electron chi connectivity index (χ4n) is 1.45. The van der Waals surface area contributed by atoms with Crippen LogP contribution in [0.5, 0.6) is 0 Å². The lowest BCUT2D eigenvalue weighted by Gasteiger charge is -2.10. The van der Waals surface area contributed by atoms with Crippen LogP contribution >= 0.6 is 11.6 Å². The molecule has 0 saturated carbocycles. The van der Waals surface area contributed by atoms with Gasteiger partial charge >= 0.3 is 0 Å². The second-order valence-corrected chi connectivity index (χ2v) is 3.93. The van der Waals surface area contributed by atoms with Gasteiger partial charge in [-0.15, -0.1) is 0 Å². The molecule has 0 aliphatic heterocycles. The third-order valence-corrected chi connectivity index (χ3v) is 2.66. The number of benzene rings is 2. The highest BCUT2D eigenvalue weighted by atomic mass is 35.5. The number of nitrogens with two attached hydrogens (primary N) is 1. The van der Waals surface area contributed by atoms with Gasteiger partial charge in [-0.25, -0.2) is 0 Å². The zero-order valence-electron chi connectivity index (χ0n) is 8.94. The second kappa shape index (κ2) is 4.77. The van der Waals surface area contributed by atoms with Crippen molar-refractivity contribution < 1.29 is 0 Å². The highest BCUT2D eigenvalue weighted by Crippen LogP contribution is 2.28. The van der Waals surface area contributed by atoms with Gasteiger partial charge in [-0.1, -0.05) is 23.7 Å². The fourth-order valence-corrected chi connectivity index (χ4v) is 1.61. The van der Waals surface area contributed by atoms with Crippen LogP contribution in [-0.4, -0.2) is 0 Å². The number of hydrogen-bond acceptors (Lipinski definition) is 3. The van der Waals surface area contributed by atoms with Gasteiger partial charge < -0.3 is 11.1 Å². The van der Waals surface area contributed by atoms with E-state index in [1.807, 2.05) is 18.2 Å². The number of hydrogen-bond donors (Lipinski definition) is 2. The number of rotatable bonds is 2. The smallest absolute Gasteiger partial charge is 0.0992 e. The Hall–Kier alpha value is -2.18. The van der Waals surface area contributed by atoms with Crippen LogP contribution < -0.4 is 11.1 Å². The number of anilines is 3. The lowest BCUT2D eigenvalue weighted by Crippen LogP contribution is -1.96. The molecule has 0 atom stereocenters. The number of halogens is 1. The lowest BCUT2D eigenvalue weighted by atomic mass is 10.2. The standard InChI is InChI=1S/C13H10ClN3/c14-10-6-5-9(8-15)7-13(10)17-12-4-2-1-3-11(12)16/h1-7,17H,16H2. The van der Waals surface area contributed by atoms with Crippen molar-refractivity contribution in [3.05, 3.63) is 53.1 Å². The molecule has 0 radical (unpaired) electrons. The van der Waals surface area contributed by atoms with Gasteiger partial charge in [0.25, 0.3) is 0 Å². The van der Waals surface area contributed by atoms with E-state index in [1.54, 1.807) is 24.3 Å². The van der Waals surface area contributed by atoms with Gasteiger partial charge in [0.2, 0.25) is 0 Å². The molecule has 17 heavy (non-hydrogen) atoms. The quantitative estimate of drug-likeness (QED) is 0.793. The minimum Gasteiger partial charge on any atom is -0.397 e. The molecule has 0 aliphatic rings. The van der Waals surface area contributed by atoms with Crippen LogP contribution in [0.15, 0.2) is 42.5 Å². The molecule has 0 amide bonds. The number of para-hydroxylation sites is 2. The Morgan fingerprint density at radius 1 is 1.12 bits per heavy atom. The molecule has 0 aromatic heterocycles. The molecule has 3 nitrogen and oxygen atoms in total. The van der Waals surface area contributed by atoms with Crippen molar-refractivity contribution in [3.8, 4) is 6.07 Å². The Kier molecular flexibility index (Phi) is 3.17. The largest absolute Gasteiger partial charge is 0.397 e. The first-order valence-electron chi connectivity index (χ1n) is 5.02. The SMILES string of the molecule is N#Cc1ccc(Cl)c(Nc2ccccc2N)c1. The maximum absolute atomic E-state index is 8.83. The highest BCUT2D eigenvalue weighted by molar-refractivity contribution is 6.33. The normalized spacial score (nSPS) is 9.65. The van der Waals surface area contributed by atoms with Gasteiger partial charge in [0.05, 0.1) is 33.7 Å². The number of nitriles is 1. The van der Waals surface area contributed by atoms with Crippen molar-refractivity contribution in [2.75, 3.05) is 11.1 Å². The highest BCUT2D eigenvalue weighted by Gasteiger charge is 2.04. The molecule has 2 aromatic carbocycles. The van der Waals surface area contributed by atoms with E-state index in [9.17, 15) is 0 Å². The molecule has 0 aliphatic carbocycles. The number of nitrogens with zero attached hydrogens (tertiary/aromatic N) is 1. The molecule has 0 bridgehead atoms. The van der Waals surface area contributed by atoms with E-state index in [0.29, 0.717) is 22.0 Å². The summed E-state index contributed by atoms with van der Waals surface area (Å²) in [6.07, 6.45) is 0. The Morgan fingerprint density at radius 2 is 1.88 bits per heavy atom. The molecule has 0 heterocycles. The maximum atomic E-state index is 8.83. The lowest BCUT2D eigenvalue weighted by molar-refractivity contribution is 1.47. The summed E-state index contributed by atoms with van der Waals surface area (Å²) in [5, 5.41) is 12.5. The van der Waals surface area contributed by atoms with Crippen molar-refractivity contribution in [1.29, 1.82) is 5.26 Å². The van der Waals surface area contributed by atoms with Gasteiger partial charge in [0.15, 0.2) is 0 Å². The van der Waals surface area contributed by atoms with E-state index in [-0.39, 0.29) is 0 Å². The first kappa shape index (κ1) is 11.3. The summed E-state index contributed by atoms with van der Waals surface area (Å²) in [4.78, 5) is 0. The van der Waals surface area contributed by atoms with Gasteiger partial charge in [-0.05, 0) is 30.3 Å². The molecule has 0 spiro atoms. The molecule has 4 heteroatoms. The molecule has 2 rings (SSSR count). The molecular formula is C13H10ClN3. The second-order valence-electron chi connectivity index (χ2n) is 3.52. The monoisotopic (exact) mass is 243 g/mol. The van der Waals surface area contributed by atoms with E-state index >= 15 is 0 Å². The van der Waals surface area contributed by atoms with Crippen LogP contribution in [0.25, 0.3) is 0 Å². The Labute approximate surface area is 104 Å². The number of nitrogen functional groups attached to an aromatic ring is 1. The molecule has 0 unspecified atom stereocenters. The first-order valence-corrected chi connectivity index (χ1v) is 5.39. The van der Waals surface area contributed by atoms with Gasteiger partial charge in [0, 0.05) is 0 Å². The molecule has 3 N–H and O–H groups in total. The Morgan fingerprint density at radius 3 is 2.59 bits per heavy atom. The Balaban J connectivity index is 2.37. The summed E-state index contributed by atoms with van der Waals surface area (Å²) >= 11 is 6.04. The van der Waals surface area contributed by atoms with Gasteiger partial charge in [0.1, 0.15) is 0 Å². The Bertz CT molecular complexity index is 587. The van der Waals surface area contributed by atoms with Crippen molar-refractivity contribution in [2.24, 2.45) is 0 Å². The summed E-state index contributed by atoms with van der Waals surface area (Å²) in [6, 6.07) is 14.5. The van der Waals surface area contributed by atoms with E-state index in [2.05, 4.69) is 11.4 Å². The maximum Gasteiger partial charge on any atom is 0.0992 e. The molecule has 2 aromatic rings. The fraction of sp³-hybridized carbons (Fsp3) is 0. The van der Waals surface area contributed by atoms with Gasteiger partial charge in [-0.3, -0.25) is 0 Å². The third-order valence-electron chi connectivity index (χ3n) is 2.33. The zero-order chi connectivity index (χ0) is 12.3. The van der Waals surface area contributed by atoms with Crippen LogP contribution in [0, 0.1) is 11.3 Å². The van der Waals surface area contributed by atoms with Crippen LogP contribution in [0.4, 0.5) is 17.1 Å². The minimum absolute atomic E-state index is 0.548. The molecule has 0 saturated heterocycles. The summed E-state index contributed by atoms with van der Waals surface area (Å²) in [6.45, 7) is 0. The third kappa shape index (κ3) is 2.49. The van der Waals surface area contributed by atoms with E-state index in [4.69, 9.17) is 22.6 Å². The first-order chi connectivity index (χ1) is 8.20. The summed E-state index contributed by atoms with van der Waals surface area (Å²) in [7, 11) is 0. The molecular weight excluding hydrogens is 234 g/mol. The molecule has 0 fully saturated rings. The van der Waals surface area contributed by atoms with Crippen molar-refractivity contribution in [2.45, 2.75) is 0 Å². The van der Waals surface area contributed by atoms with Gasteiger partial charge in [-0.2, -0.15) is 5.26 Å². The average molecular weight is 244 g/mol. The summed E-state index contributed by atoms with van der Waals surface area (Å²) in [5.74, 6) is 0. The topological polar surface area (TPSA) is 61.8 Å². The van der Waals surface area contributed by atoms with Crippen molar-refractivity contribution >= 4 is 28.7 Å². The average Bonchev–Trinajstić information content (AvgIpc) is 2.35. The number of nitrogens with one attached hydrogen (secondary N) is 1. The van der Waals surface area contributed by atoms with E-state index < -0.39 is 0 Å². The predicted molar refractivity (Wildman–Crippen MR) is 70.3 cm³/mol. The van der Waals surface area contributed by atoms with Crippen LogP contribution in [0.2, 0.25) is 5.02 Å². The van der Waals surface area contributed by atoms with Crippen LogP contribution in [0.3, 0.4) is 0 Å². The van der Waals surface area contributed by atoms with Crippen molar-refractivity contribution in [1.82, 2.24) is 0 Å². The minimum atomic E-state index is 0.548. The van der Waals surface area contributed by atoms with E-state index in [1.165, 1.54) is 0 Å². The summed E-state index contributed by atoms with van der Waals surface area (Å²) < 4.78 is 0. The van der Waals surface area contributed by atoms with E-state index in [0.717, 1.165) is 5.69 Å². The van der Waals surface area contributed by atoms with Crippen molar-refractivity contribution in [3.63, 3.8) is 0 Å². The summed E-state index contributed by atoms with van der Waals surface area (Å²) in [5.41, 5.74) is 8.43. The molecule has 84 valence electrons.